The normalized spacial score (nSPS) is 14.1. The van der Waals surface area contributed by atoms with Crippen LogP contribution in [-0.4, -0.2) is 31.0 Å². The molecule has 1 aromatic carbocycles. The van der Waals surface area contributed by atoms with Crippen LogP contribution in [0.2, 0.25) is 0 Å². The molecule has 1 rings (SSSR count). The van der Waals surface area contributed by atoms with Gasteiger partial charge >= 0.3 is 0 Å². The number of nitrogens with two attached hydrogens (primary N) is 1. The fraction of sp³-hybridized carbons (Fsp3) is 0.600. The Bertz CT molecular complexity index is 399. The second kappa shape index (κ2) is 8.89. The van der Waals surface area contributed by atoms with Crippen molar-refractivity contribution in [2.24, 2.45) is 5.73 Å². The summed E-state index contributed by atoms with van der Waals surface area (Å²) in [6.45, 7) is 4.72. The Morgan fingerprint density at radius 2 is 2.10 bits per heavy atom. The SMILES string of the molecule is CCCCOCC(O)COc1ccc(C(C)N)c(F)c1. The summed E-state index contributed by atoms with van der Waals surface area (Å²) in [5.74, 6) is -0.0225. The number of unbranched alkanes of at least 4 members (excludes halogenated alkanes) is 1. The van der Waals surface area contributed by atoms with E-state index in [-0.39, 0.29) is 19.3 Å². The van der Waals surface area contributed by atoms with Crippen molar-refractivity contribution >= 4 is 0 Å². The molecule has 0 aliphatic carbocycles. The third kappa shape index (κ3) is 5.86. The Morgan fingerprint density at radius 3 is 2.70 bits per heavy atom. The van der Waals surface area contributed by atoms with Crippen LogP contribution in [-0.2, 0) is 4.74 Å². The topological polar surface area (TPSA) is 64.7 Å². The minimum absolute atomic E-state index is 0.0725. The molecule has 0 bridgehead atoms. The number of benzene rings is 1. The lowest BCUT2D eigenvalue weighted by atomic mass is 10.1. The van der Waals surface area contributed by atoms with E-state index in [1.807, 2.05) is 0 Å². The smallest absolute Gasteiger partial charge is 0.131 e. The Morgan fingerprint density at radius 1 is 1.35 bits per heavy atom. The predicted octanol–water partition coefficient (Wildman–Crippen LogP) is 2.40. The number of hydrogen-bond donors (Lipinski definition) is 2. The van der Waals surface area contributed by atoms with E-state index in [1.165, 1.54) is 6.07 Å². The molecule has 0 saturated carbocycles. The summed E-state index contributed by atoms with van der Waals surface area (Å²) in [4.78, 5) is 0. The third-order valence-corrected chi connectivity index (χ3v) is 2.86. The van der Waals surface area contributed by atoms with Crippen LogP contribution in [0.4, 0.5) is 4.39 Å². The molecular formula is C15H24FNO3. The van der Waals surface area contributed by atoms with E-state index in [0.29, 0.717) is 17.9 Å². The number of ether oxygens (including phenoxy) is 2. The average Bonchev–Trinajstić information content (AvgIpc) is 2.41. The van der Waals surface area contributed by atoms with Gasteiger partial charge in [-0.2, -0.15) is 0 Å². The molecule has 0 spiro atoms. The van der Waals surface area contributed by atoms with Gasteiger partial charge in [0.15, 0.2) is 0 Å². The fourth-order valence-electron chi connectivity index (χ4n) is 1.67. The molecule has 4 nitrogen and oxygen atoms in total. The highest BCUT2D eigenvalue weighted by Crippen LogP contribution is 2.20. The van der Waals surface area contributed by atoms with Crippen LogP contribution in [0.5, 0.6) is 5.75 Å². The lowest BCUT2D eigenvalue weighted by Gasteiger charge is -2.14. The van der Waals surface area contributed by atoms with Gasteiger partial charge in [0.1, 0.15) is 24.3 Å². The molecule has 0 aromatic heterocycles. The molecule has 5 heteroatoms. The number of aliphatic hydroxyl groups is 1. The molecule has 0 saturated heterocycles. The van der Waals surface area contributed by atoms with E-state index in [0.717, 1.165) is 12.8 Å². The first-order valence-electron chi connectivity index (χ1n) is 6.98. The first-order valence-corrected chi connectivity index (χ1v) is 6.98. The van der Waals surface area contributed by atoms with Crippen molar-refractivity contribution in [2.75, 3.05) is 19.8 Å². The van der Waals surface area contributed by atoms with Crippen LogP contribution >= 0.6 is 0 Å². The van der Waals surface area contributed by atoms with Gasteiger partial charge in [-0.3, -0.25) is 0 Å². The zero-order chi connectivity index (χ0) is 15.0. The maximum atomic E-state index is 13.7. The first-order chi connectivity index (χ1) is 9.54. The van der Waals surface area contributed by atoms with Gasteiger partial charge in [-0.15, -0.1) is 0 Å². The number of halogens is 1. The molecule has 0 fully saturated rings. The quantitative estimate of drug-likeness (QED) is 0.684. The summed E-state index contributed by atoms with van der Waals surface area (Å²) in [6.07, 6.45) is 1.30. The van der Waals surface area contributed by atoms with Crippen molar-refractivity contribution in [1.29, 1.82) is 0 Å². The molecule has 1 aromatic rings. The molecule has 0 heterocycles. The third-order valence-electron chi connectivity index (χ3n) is 2.86. The molecule has 20 heavy (non-hydrogen) atoms. The summed E-state index contributed by atoms with van der Waals surface area (Å²) < 4.78 is 24.3. The number of hydrogen-bond acceptors (Lipinski definition) is 4. The van der Waals surface area contributed by atoms with Crippen molar-refractivity contribution in [2.45, 2.75) is 38.8 Å². The first kappa shape index (κ1) is 16.9. The molecule has 3 N–H and O–H groups in total. The summed E-state index contributed by atoms with van der Waals surface area (Å²) in [5.41, 5.74) is 6.07. The summed E-state index contributed by atoms with van der Waals surface area (Å²) in [7, 11) is 0. The van der Waals surface area contributed by atoms with Gasteiger partial charge in [-0.05, 0) is 19.4 Å². The fourth-order valence-corrected chi connectivity index (χ4v) is 1.67. The van der Waals surface area contributed by atoms with Gasteiger partial charge in [0.05, 0.1) is 6.61 Å². The van der Waals surface area contributed by atoms with Crippen LogP contribution in [0.1, 0.15) is 38.3 Å². The molecule has 2 atom stereocenters. The predicted molar refractivity (Wildman–Crippen MR) is 76.2 cm³/mol. The number of aliphatic hydroxyl groups excluding tert-OH is 1. The maximum Gasteiger partial charge on any atom is 0.131 e. The van der Waals surface area contributed by atoms with Gasteiger partial charge in [0.2, 0.25) is 0 Å². The highest BCUT2D eigenvalue weighted by Gasteiger charge is 2.10. The zero-order valence-corrected chi connectivity index (χ0v) is 12.1. The van der Waals surface area contributed by atoms with Gasteiger partial charge < -0.3 is 20.3 Å². The molecule has 2 unspecified atom stereocenters. The summed E-state index contributed by atoms with van der Waals surface area (Å²) in [5, 5.41) is 9.66. The van der Waals surface area contributed by atoms with E-state index in [4.69, 9.17) is 15.2 Å². The van der Waals surface area contributed by atoms with Crippen molar-refractivity contribution in [3.8, 4) is 5.75 Å². The van der Waals surface area contributed by atoms with Crippen molar-refractivity contribution in [1.82, 2.24) is 0 Å². The Balaban J connectivity index is 2.36. The van der Waals surface area contributed by atoms with Crippen LogP contribution in [0.15, 0.2) is 18.2 Å². The monoisotopic (exact) mass is 285 g/mol. The molecule has 0 aliphatic heterocycles. The van der Waals surface area contributed by atoms with Crippen molar-refractivity contribution in [3.05, 3.63) is 29.6 Å². The standard InChI is InChI=1S/C15H24FNO3/c1-3-4-7-19-9-12(18)10-20-13-5-6-14(11(2)17)15(16)8-13/h5-6,8,11-12,18H,3-4,7,9-10,17H2,1-2H3. The summed E-state index contributed by atoms with van der Waals surface area (Å²) >= 11 is 0. The minimum atomic E-state index is -0.719. The van der Waals surface area contributed by atoms with E-state index in [1.54, 1.807) is 19.1 Å². The van der Waals surface area contributed by atoms with Gasteiger partial charge in [0, 0.05) is 24.3 Å². The second-order valence-corrected chi connectivity index (χ2v) is 4.87. The van der Waals surface area contributed by atoms with Gasteiger partial charge in [-0.1, -0.05) is 19.4 Å². The van der Waals surface area contributed by atoms with Crippen LogP contribution in [0.25, 0.3) is 0 Å². The molecule has 0 aliphatic rings. The number of rotatable bonds is 9. The van der Waals surface area contributed by atoms with Crippen LogP contribution in [0, 0.1) is 5.82 Å². The Labute approximate surface area is 119 Å². The van der Waals surface area contributed by atoms with E-state index < -0.39 is 11.9 Å². The van der Waals surface area contributed by atoms with Gasteiger partial charge in [0.25, 0.3) is 0 Å². The second-order valence-electron chi connectivity index (χ2n) is 4.87. The van der Waals surface area contributed by atoms with E-state index >= 15 is 0 Å². The molecular weight excluding hydrogens is 261 g/mol. The Kier molecular flexibility index (Phi) is 7.51. The van der Waals surface area contributed by atoms with E-state index in [9.17, 15) is 9.50 Å². The summed E-state index contributed by atoms with van der Waals surface area (Å²) in [6, 6.07) is 4.16. The molecule has 114 valence electrons. The van der Waals surface area contributed by atoms with Gasteiger partial charge in [-0.25, -0.2) is 4.39 Å². The Hall–Kier alpha value is -1.17. The lowest BCUT2D eigenvalue weighted by molar-refractivity contribution is 0.0112. The molecule has 0 radical (unpaired) electrons. The minimum Gasteiger partial charge on any atom is -0.491 e. The average molecular weight is 285 g/mol. The van der Waals surface area contributed by atoms with Crippen molar-refractivity contribution < 1.29 is 19.0 Å². The van der Waals surface area contributed by atoms with Crippen LogP contribution in [0.3, 0.4) is 0 Å². The van der Waals surface area contributed by atoms with Crippen molar-refractivity contribution in [3.63, 3.8) is 0 Å². The lowest BCUT2D eigenvalue weighted by Crippen LogP contribution is -2.23. The highest BCUT2D eigenvalue weighted by molar-refractivity contribution is 5.30. The van der Waals surface area contributed by atoms with E-state index in [2.05, 4.69) is 6.92 Å². The van der Waals surface area contributed by atoms with Crippen LogP contribution < -0.4 is 10.5 Å². The largest absolute Gasteiger partial charge is 0.491 e. The maximum absolute atomic E-state index is 13.7. The zero-order valence-electron chi connectivity index (χ0n) is 12.1. The molecule has 0 amide bonds. The highest BCUT2D eigenvalue weighted by atomic mass is 19.1.